The second-order valence-electron chi connectivity index (χ2n) is 4.87. The topological polar surface area (TPSA) is 81.5 Å². The second-order valence-corrected chi connectivity index (χ2v) is 5.78. The predicted molar refractivity (Wildman–Crippen MR) is 90.7 cm³/mol. The fourth-order valence-electron chi connectivity index (χ4n) is 2.04. The Bertz CT molecular complexity index is 783. The molecule has 0 aromatic heterocycles. The minimum atomic E-state index is -0.597. The number of carbonyl (C=O) groups excluding carboxylic acids is 1. The van der Waals surface area contributed by atoms with Crippen LogP contribution in [0, 0.1) is 15.9 Å². The average molecular weight is 397 g/mol. The van der Waals surface area contributed by atoms with E-state index < -0.39 is 23.3 Å². The minimum absolute atomic E-state index is 0.0549. The second kappa shape index (κ2) is 7.87. The Balaban J connectivity index is 2.02. The Morgan fingerprint density at radius 2 is 2.08 bits per heavy atom. The molecule has 0 aliphatic carbocycles. The molecule has 0 spiro atoms. The van der Waals surface area contributed by atoms with E-state index in [1.807, 2.05) is 0 Å². The molecule has 0 aliphatic rings. The van der Waals surface area contributed by atoms with E-state index in [2.05, 4.69) is 21.2 Å². The van der Waals surface area contributed by atoms with Crippen molar-refractivity contribution >= 4 is 33.2 Å². The van der Waals surface area contributed by atoms with Crippen LogP contribution in [0.5, 0.6) is 5.75 Å². The van der Waals surface area contributed by atoms with Crippen molar-refractivity contribution in [2.45, 2.75) is 13.3 Å². The molecule has 0 fully saturated rings. The molecule has 126 valence electrons. The van der Waals surface area contributed by atoms with Crippen LogP contribution in [-0.2, 0) is 11.2 Å². The van der Waals surface area contributed by atoms with Gasteiger partial charge in [-0.3, -0.25) is 14.9 Å². The highest BCUT2D eigenvalue weighted by Crippen LogP contribution is 2.24. The maximum Gasteiger partial charge on any atom is 0.274 e. The molecule has 24 heavy (non-hydrogen) atoms. The molecular formula is C16H14BrFN2O4. The largest absolute Gasteiger partial charge is 0.481 e. The van der Waals surface area contributed by atoms with Crippen molar-refractivity contribution in [3.05, 3.63) is 62.4 Å². The van der Waals surface area contributed by atoms with E-state index in [0.717, 1.165) is 0 Å². The fraction of sp³-hybridized carbons (Fsp3) is 0.188. The summed E-state index contributed by atoms with van der Waals surface area (Å²) in [6, 6.07) is 8.65. The Morgan fingerprint density at radius 3 is 2.71 bits per heavy atom. The molecule has 0 saturated heterocycles. The van der Waals surface area contributed by atoms with Gasteiger partial charge >= 0.3 is 0 Å². The normalized spacial score (nSPS) is 10.3. The van der Waals surface area contributed by atoms with Crippen LogP contribution < -0.4 is 10.1 Å². The molecule has 0 aliphatic heterocycles. The van der Waals surface area contributed by atoms with Crippen LogP contribution in [0.15, 0.2) is 40.9 Å². The molecule has 0 atom stereocenters. The van der Waals surface area contributed by atoms with Crippen molar-refractivity contribution in [2.24, 2.45) is 0 Å². The number of nitro benzene ring substituents is 1. The molecule has 6 nitrogen and oxygen atoms in total. The van der Waals surface area contributed by atoms with Gasteiger partial charge in [-0.25, -0.2) is 4.39 Å². The Morgan fingerprint density at radius 1 is 1.33 bits per heavy atom. The molecule has 1 N–H and O–H groups in total. The number of nitrogens with zero attached hydrogens (tertiary/aromatic N) is 1. The van der Waals surface area contributed by atoms with Gasteiger partial charge in [0.05, 0.1) is 4.92 Å². The number of benzene rings is 2. The number of hydrogen-bond acceptors (Lipinski definition) is 4. The van der Waals surface area contributed by atoms with Crippen LogP contribution in [0.2, 0.25) is 0 Å². The first-order valence-corrected chi connectivity index (χ1v) is 7.85. The Hall–Kier alpha value is -2.48. The van der Waals surface area contributed by atoms with Crippen LogP contribution in [-0.4, -0.2) is 17.4 Å². The SMILES string of the molecule is CCc1ccc(NC(=O)COc2ccc(Br)cc2F)cc1[N+](=O)[O-]. The van der Waals surface area contributed by atoms with Crippen molar-refractivity contribution in [1.29, 1.82) is 0 Å². The lowest BCUT2D eigenvalue weighted by atomic mass is 10.1. The number of nitrogens with one attached hydrogen (secondary N) is 1. The zero-order valence-corrected chi connectivity index (χ0v) is 14.3. The number of hydrogen-bond donors (Lipinski definition) is 1. The van der Waals surface area contributed by atoms with Crippen LogP contribution in [0.4, 0.5) is 15.8 Å². The quantitative estimate of drug-likeness (QED) is 0.589. The lowest BCUT2D eigenvalue weighted by Crippen LogP contribution is -2.20. The van der Waals surface area contributed by atoms with Gasteiger partial charge in [-0.15, -0.1) is 0 Å². The molecule has 2 aromatic rings. The molecule has 2 aromatic carbocycles. The Kier molecular flexibility index (Phi) is 5.86. The van der Waals surface area contributed by atoms with E-state index in [4.69, 9.17) is 4.74 Å². The molecule has 0 radical (unpaired) electrons. The zero-order valence-electron chi connectivity index (χ0n) is 12.7. The lowest BCUT2D eigenvalue weighted by molar-refractivity contribution is -0.385. The highest BCUT2D eigenvalue weighted by molar-refractivity contribution is 9.10. The summed E-state index contributed by atoms with van der Waals surface area (Å²) in [6.07, 6.45) is 0.510. The van der Waals surface area contributed by atoms with Gasteiger partial charge in [0.2, 0.25) is 0 Å². The van der Waals surface area contributed by atoms with Gasteiger partial charge < -0.3 is 10.1 Å². The molecule has 0 saturated carbocycles. The van der Waals surface area contributed by atoms with Crippen molar-refractivity contribution in [3.8, 4) is 5.75 Å². The van der Waals surface area contributed by atoms with E-state index in [0.29, 0.717) is 16.5 Å². The third-order valence-electron chi connectivity index (χ3n) is 3.20. The lowest BCUT2D eigenvalue weighted by Gasteiger charge is -2.09. The van der Waals surface area contributed by atoms with Gasteiger partial charge in [0.15, 0.2) is 18.2 Å². The Labute approximate surface area is 145 Å². The van der Waals surface area contributed by atoms with Crippen LogP contribution >= 0.6 is 15.9 Å². The maximum absolute atomic E-state index is 13.6. The standard InChI is InChI=1S/C16H14BrFN2O4/c1-2-10-3-5-12(8-14(10)20(22)23)19-16(21)9-24-15-6-4-11(17)7-13(15)18/h3-8H,2,9H2,1H3,(H,19,21). The van der Waals surface area contributed by atoms with Crippen molar-refractivity contribution in [1.82, 2.24) is 0 Å². The molecule has 1 amide bonds. The highest BCUT2D eigenvalue weighted by Gasteiger charge is 2.14. The molecule has 8 heteroatoms. The van der Waals surface area contributed by atoms with Gasteiger partial charge in [0.25, 0.3) is 11.6 Å². The molecule has 0 unspecified atom stereocenters. The maximum atomic E-state index is 13.6. The number of carbonyl (C=O) groups is 1. The van der Waals surface area contributed by atoms with E-state index in [1.165, 1.54) is 18.2 Å². The number of amides is 1. The van der Waals surface area contributed by atoms with Crippen LogP contribution in [0.25, 0.3) is 0 Å². The first-order chi connectivity index (χ1) is 11.4. The predicted octanol–water partition coefficient (Wildman–Crippen LogP) is 4.08. The smallest absolute Gasteiger partial charge is 0.274 e. The molecule has 0 heterocycles. The number of anilines is 1. The first kappa shape index (κ1) is 17.9. The van der Waals surface area contributed by atoms with Crippen LogP contribution in [0.1, 0.15) is 12.5 Å². The summed E-state index contributed by atoms with van der Waals surface area (Å²) in [4.78, 5) is 22.4. The molecule has 0 bridgehead atoms. The third kappa shape index (κ3) is 4.51. The van der Waals surface area contributed by atoms with E-state index in [9.17, 15) is 19.3 Å². The van der Waals surface area contributed by atoms with Crippen molar-refractivity contribution in [2.75, 3.05) is 11.9 Å². The third-order valence-corrected chi connectivity index (χ3v) is 3.69. The fourth-order valence-corrected chi connectivity index (χ4v) is 2.38. The van der Waals surface area contributed by atoms with E-state index in [-0.39, 0.29) is 17.1 Å². The van der Waals surface area contributed by atoms with Crippen LogP contribution in [0.3, 0.4) is 0 Å². The first-order valence-electron chi connectivity index (χ1n) is 7.05. The van der Waals surface area contributed by atoms with Gasteiger partial charge in [-0.05, 0) is 30.7 Å². The van der Waals surface area contributed by atoms with Gasteiger partial charge in [-0.2, -0.15) is 0 Å². The minimum Gasteiger partial charge on any atom is -0.481 e. The molecule has 2 rings (SSSR count). The van der Waals surface area contributed by atoms with Gasteiger partial charge in [0, 0.05) is 21.8 Å². The zero-order chi connectivity index (χ0) is 17.7. The van der Waals surface area contributed by atoms with E-state index >= 15 is 0 Å². The van der Waals surface area contributed by atoms with Crippen molar-refractivity contribution in [3.63, 3.8) is 0 Å². The van der Waals surface area contributed by atoms with E-state index in [1.54, 1.807) is 25.1 Å². The summed E-state index contributed by atoms with van der Waals surface area (Å²) in [6.45, 7) is 1.39. The number of nitro groups is 1. The molecular weight excluding hydrogens is 383 g/mol. The summed E-state index contributed by atoms with van der Waals surface area (Å²) in [5.74, 6) is -1.20. The summed E-state index contributed by atoms with van der Waals surface area (Å²) in [5.41, 5.74) is 0.796. The summed E-state index contributed by atoms with van der Waals surface area (Å²) in [7, 11) is 0. The summed E-state index contributed by atoms with van der Waals surface area (Å²) < 4.78 is 19.3. The monoisotopic (exact) mass is 396 g/mol. The average Bonchev–Trinajstić information content (AvgIpc) is 2.54. The number of halogens is 2. The highest BCUT2D eigenvalue weighted by atomic mass is 79.9. The number of ether oxygens (including phenoxy) is 1. The number of rotatable bonds is 6. The number of aryl methyl sites for hydroxylation is 1. The van der Waals surface area contributed by atoms with Crippen molar-refractivity contribution < 1.29 is 18.8 Å². The summed E-state index contributed by atoms with van der Waals surface area (Å²) >= 11 is 3.12. The van der Waals surface area contributed by atoms with Gasteiger partial charge in [0.1, 0.15) is 0 Å². The van der Waals surface area contributed by atoms with Gasteiger partial charge in [-0.1, -0.05) is 28.9 Å². The summed E-state index contributed by atoms with van der Waals surface area (Å²) in [5, 5.41) is 13.5.